The predicted molar refractivity (Wildman–Crippen MR) is 94.3 cm³/mol. The van der Waals surface area contributed by atoms with E-state index >= 15 is 0 Å². The molecule has 0 amide bonds. The molecule has 3 rings (SSSR count). The van der Waals surface area contributed by atoms with Gasteiger partial charge in [0.25, 0.3) is 0 Å². The number of carboxylic acid groups (broad SMARTS) is 1. The van der Waals surface area contributed by atoms with Crippen molar-refractivity contribution in [2.45, 2.75) is 20.0 Å². The van der Waals surface area contributed by atoms with E-state index in [4.69, 9.17) is 13.9 Å². The van der Waals surface area contributed by atoms with E-state index in [0.29, 0.717) is 22.3 Å². The summed E-state index contributed by atoms with van der Waals surface area (Å²) in [5.41, 5.74) is 1.39. The molecule has 2 aromatic carbocycles. The maximum Gasteiger partial charge on any atom is 0.235 e. The first-order valence-corrected chi connectivity index (χ1v) is 8.00. The molecule has 0 spiro atoms. The van der Waals surface area contributed by atoms with Gasteiger partial charge in [0.15, 0.2) is 5.76 Å². The number of aryl methyl sites for hydroxylation is 1. The van der Waals surface area contributed by atoms with Gasteiger partial charge in [-0.25, -0.2) is 0 Å². The fourth-order valence-corrected chi connectivity index (χ4v) is 2.56. The van der Waals surface area contributed by atoms with Crippen molar-refractivity contribution in [3.63, 3.8) is 0 Å². The molecule has 0 fully saturated rings. The van der Waals surface area contributed by atoms with E-state index < -0.39 is 17.5 Å². The molecule has 1 aromatic heterocycles. The van der Waals surface area contributed by atoms with Gasteiger partial charge in [-0.3, -0.25) is 4.79 Å². The Morgan fingerprint density at radius 1 is 1.15 bits per heavy atom. The minimum atomic E-state index is -1.42. The zero-order valence-electron chi connectivity index (χ0n) is 14.6. The Kier molecular flexibility index (Phi) is 4.67. The molecule has 6 nitrogen and oxygen atoms in total. The van der Waals surface area contributed by atoms with Gasteiger partial charge in [0.1, 0.15) is 17.4 Å². The standard InChI is InChI=1S/C20H18O6/c1-11-4-9-16-15(10-11)17(21)19(25-12(2)20(22)23)18(26-16)13-5-7-14(24-3)8-6-13/h4-10,12H,1-3H3,(H,22,23)/p-1/t12-/m0/s1. The quantitative estimate of drug-likeness (QED) is 0.699. The fourth-order valence-electron chi connectivity index (χ4n) is 2.56. The summed E-state index contributed by atoms with van der Waals surface area (Å²) >= 11 is 0. The summed E-state index contributed by atoms with van der Waals surface area (Å²) in [4.78, 5) is 24.0. The number of carbonyl (C=O) groups excluding carboxylic acids is 1. The third-order valence-electron chi connectivity index (χ3n) is 3.98. The van der Waals surface area contributed by atoms with Gasteiger partial charge in [-0.15, -0.1) is 0 Å². The number of aliphatic carboxylic acids is 1. The Balaban J connectivity index is 2.25. The first kappa shape index (κ1) is 17.5. The van der Waals surface area contributed by atoms with Crippen LogP contribution in [0.25, 0.3) is 22.3 Å². The van der Waals surface area contributed by atoms with Crippen molar-refractivity contribution in [2.75, 3.05) is 7.11 Å². The lowest BCUT2D eigenvalue weighted by atomic mass is 10.1. The fraction of sp³-hybridized carbons (Fsp3) is 0.200. The van der Waals surface area contributed by atoms with Crippen LogP contribution in [0.4, 0.5) is 0 Å². The van der Waals surface area contributed by atoms with Crippen LogP contribution < -0.4 is 20.0 Å². The predicted octanol–water partition coefficient (Wildman–Crippen LogP) is 2.29. The summed E-state index contributed by atoms with van der Waals surface area (Å²) in [6.45, 7) is 3.15. The Labute approximate surface area is 149 Å². The first-order valence-electron chi connectivity index (χ1n) is 8.00. The zero-order chi connectivity index (χ0) is 18.8. The van der Waals surface area contributed by atoms with Crippen molar-refractivity contribution in [1.82, 2.24) is 0 Å². The molecule has 1 atom stereocenters. The second kappa shape index (κ2) is 6.92. The Hall–Kier alpha value is -3.28. The van der Waals surface area contributed by atoms with Crippen molar-refractivity contribution >= 4 is 16.9 Å². The van der Waals surface area contributed by atoms with Gasteiger partial charge in [0.2, 0.25) is 11.2 Å². The second-order valence-electron chi connectivity index (χ2n) is 5.90. The molecular weight excluding hydrogens is 336 g/mol. The maximum atomic E-state index is 12.9. The number of benzene rings is 2. The third kappa shape index (κ3) is 3.26. The lowest BCUT2D eigenvalue weighted by molar-refractivity contribution is -0.312. The minimum Gasteiger partial charge on any atom is -0.546 e. The first-order chi connectivity index (χ1) is 12.4. The van der Waals surface area contributed by atoms with E-state index in [1.165, 1.54) is 6.92 Å². The van der Waals surface area contributed by atoms with Crippen LogP contribution in [-0.2, 0) is 4.79 Å². The summed E-state index contributed by atoms with van der Waals surface area (Å²) in [5.74, 6) is -0.792. The summed E-state index contributed by atoms with van der Waals surface area (Å²) in [5, 5.41) is 11.4. The number of fused-ring (bicyclic) bond motifs is 1. The van der Waals surface area contributed by atoms with E-state index in [1.807, 2.05) is 13.0 Å². The molecule has 134 valence electrons. The van der Waals surface area contributed by atoms with Crippen LogP contribution in [0.15, 0.2) is 51.7 Å². The van der Waals surface area contributed by atoms with Gasteiger partial charge in [0, 0.05) is 5.56 Å². The molecule has 0 saturated heterocycles. The van der Waals surface area contributed by atoms with Gasteiger partial charge in [-0.1, -0.05) is 11.6 Å². The van der Waals surface area contributed by atoms with Crippen molar-refractivity contribution in [3.05, 3.63) is 58.3 Å². The number of hydrogen-bond acceptors (Lipinski definition) is 6. The molecule has 0 aliphatic rings. The number of methoxy groups -OCH3 is 1. The molecule has 0 N–H and O–H groups in total. The maximum absolute atomic E-state index is 12.9. The van der Waals surface area contributed by atoms with E-state index in [2.05, 4.69) is 0 Å². The summed E-state index contributed by atoms with van der Waals surface area (Å²) in [7, 11) is 1.55. The molecular formula is C20H17O6-. The van der Waals surface area contributed by atoms with E-state index in [-0.39, 0.29) is 11.5 Å². The molecule has 0 bridgehead atoms. The third-order valence-corrected chi connectivity index (χ3v) is 3.98. The number of carbonyl (C=O) groups is 1. The highest BCUT2D eigenvalue weighted by atomic mass is 16.5. The Morgan fingerprint density at radius 3 is 2.46 bits per heavy atom. The summed E-state index contributed by atoms with van der Waals surface area (Å²) in [6, 6.07) is 12.0. The number of ether oxygens (including phenoxy) is 2. The Morgan fingerprint density at radius 2 is 1.85 bits per heavy atom. The molecule has 1 heterocycles. The zero-order valence-corrected chi connectivity index (χ0v) is 14.6. The summed E-state index contributed by atoms with van der Waals surface area (Å²) < 4.78 is 16.4. The van der Waals surface area contributed by atoms with Crippen LogP contribution in [0.1, 0.15) is 12.5 Å². The minimum absolute atomic E-state index is 0.155. The van der Waals surface area contributed by atoms with Gasteiger partial charge >= 0.3 is 0 Å². The number of carboxylic acids is 1. The molecule has 0 radical (unpaired) electrons. The lowest BCUT2D eigenvalue weighted by Gasteiger charge is -2.17. The highest BCUT2D eigenvalue weighted by Crippen LogP contribution is 2.32. The molecule has 0 aliphatic carbocycles. The molecule has 0 unspecified atom stereocenters. The van der Waals surface area contributed by atoms with Crippen LogP contribution in [-0.4, -0.2) is 19.2 Å². The van der Waals surface area contributed by atoms with Crippen molar-refractivity contribution in [2.24, 2.45) is 0 Å². The number of hydrogen-bond donors (Lipinski definition) is 0. The molecule has 3 aromatic rings. The highest BCUT2D eigenvalue weighted by molar-refractivity contribution is 5.83. The smallest absolute Gasteiger partial charge is 0.235 e. The van der Waals surface area contributed by atoms with Crippen LogP contribution in [0.5, 0.6) is 11.5 Å². The summed E-state index contributed by atoms with van der Waals surface area (Å²) in [6.07, 6.45) is -1.31. The number of rotatable bonds is 5. The normalized spacial score (nSPS) is 12.0. The molecule has 0 aliphatic heterocycles. The van der Waals surface area contributed by atoms with Crippen LogP contribution in [0.3, 0.4) is 0 Å². The van der Waals surface area contributed by atoms with Crippen LogP contribution in [0, 0.1) is 6.92 Å². The largest absolute Gasteiger partial charge is 0.546 e. The van der Waals surface area contributed by atoms with Crippen LogP contribution >= 0.6 is 0 Å². The van der Waals surface area contributed by atoms with Crippen molar-refractivity contribution in [1.29, 1.82) is 0 Å². The molecule has 0 saturated carbocycles. The average molecular weight is 353 g/mol. The van der Waals surface area contributed by atoms with Gasteiger partial charge in [-0.05, 0) is 50.2 Å². The van der Waals surface area contributed by atoms with Gasteiger partial charge in [0.05, 0.1) is 18.5 Å². The molecule has 6 heteroatoms. The molecule has 26 heavy (non-hydrogen) atoms. The SMILES string of the molecule is COc1ccc(-c2oc3ccc(C)cc3c(=O)c2O[C@@H](C)C(=O)[O-])cc1. The van der Waals surface area contributed by atoms with Crippen molar-refractivity contribution < 1.29 is 23.8 Å². The average Bonchev–Trinajstić information content (AvgIpc) is 2.64. The van der Waals surface area contributed by atoms with Crippen molar-refractivity contribution in [3.8, 4) is 22.8 Å². The monoisotopic (exact) mass is 353 g/mol. The van der Waals surface area contributed by atoms with E-state index in [9.17, 15) is 14.7 Å². The lowest BCUT2D eigenvalue weighted by Crippen LogP contribution is -2.38. The van der Waals surface area contributed by atoms with Gasteiger partial charge in [-0.2, -0.15) is 0 Å². The van der Waals surface area contributed by atoms with Gasteiger partial charge < -0.3 is 23.8 Å². The highest BCUT2D eigenvalue weighted by Gasteiger charge is 2.20. The van der Waals surface area contributed by atoms with E-state index in [1.54, 1.807) is 43.5 Å². The topological polar surface area (TPSA) is 88.8 Å². The van der Waals surface area contributed by atoms with E-state index in [0.717, 1.165) is 5.56 Å². The van der Waals surface area contributed by atoms with Crippen LogP contribution in [0.2, 0.25) is 0 Å². The second-order valence-corrected chi connectivity index (χ2v) is 5.90. The Bertz CT molecular complexity index is 1020.